The summed E-state index contributed by atoms with van der Waals surface area (Å²) in [6, 6.07) is 20.0. The molecule has 1 N–H and O–H groups in total. The van der Waals surface area contributed by atoms with E-state index in [9.17, 15) is 4.79 Å². The Morgan fingerprint density at radius 3 is 2.62 bits per heavy atom. The minimum Gasteiger partial charge on any atom is -0.375 e. The highest BCUT2D eigenvalue weighted by molar-refractivity contribution is 5.92. The number of nitrogens with one attached hydrogen (secondary N) is 1. The van der Waals surface area contributed by atoms with E-state index in [-0.39, 0.29) is 12.5 Å². The number of hydrogen-bond acceptors (Lipinski definition) is 6. The number of carbonyl (C=O) groups is 1. The number of ether oxygens (including phenoxy) is 1. The van der Waals surface area contributed by atoms with Gasteiger partial charge in [0.1, 0.15) is 18.8 Å². The normalized spacial score (nSPS) is 10.8. The number of pyridine rings is 1. The van der Waals surface area contributed by atoms with E-state index in [0.29, 0.717) is 13.1 Å². The van der Waals surface area contributed by atoms with Gasteiger partial charge in [-0.15, -0.1) is 0 Å². The molecule has 0 aliphatic heterocycles. The van der Waals surface area contributed by atoms with Gasteiger partial charge in [0.2, 0.25) is 5.91 Å². The lowest BCUT2D eigenvalue weighted by molar-refractivity contribution is -0.136. The Kier molecular flexibility index (Phi) is 6.67. The van der Waals surface area contributed by atoms with Crippen molar-refractivity contribution in [2.75, 3.05) is 26.1 Å². The fraction of sp³-hybridized carbons (Fsp3) is 0.200. The maximum atomic E-state index is 12.7. The Morgan fingerprint density at radius 2 is 1.84 bits per heavy atom. The summed E-state index contributed by atoms with van der Waals surface area (Å²) in [5.41, 5.74) is 4.87. The van der Waals surface area contributed by atoms with E-state index in [2.05, 4.69) is 44.5 Å². The molecule has 2 aromatic heterocycles. The molecule has 0 saturated heterocycles. The average molecular weight is 428 g/mol. The zero-order chi connectivity index (χ0) is 22.3. The molecule has 7 nitrogen and oxygen atoms in total. The van der Waals surface area contributed by atoms with Crippen LogP contribution in [0, 0.1) is 0 Å². The molecule has 0 spiro atoms. The van der Waals surface area contributed by atoms with E-state index in [1.807, 2.05) is 43.4 Å². The largest absolute Gasteiger partial charge is 0.375 e. The number of methoxy groups -OCH3 is 1. The summed E-state index contributed by atoms with van der Waals surface area (Å²) in [6.07, 6.45) is 3.29. The number of aromatic nitrogens is 3. The van der Waals surface area contributed by atoms with Gasteiger partial charge in [-0.1, -0.05) is 30.3 Å². The summed E-state index contributed by atoms with van der Waals surface area (Å²) in [4.78, 5) is 27.5. The van der Waals surface area contributed by atoms with Crippen molar-refractivity contribution in [3.8, 4) is 11.1 Å². The monoisotopic (exact) mass is 427 g/mol. The number of fused-ring (bicyclic) bond motifs is 1. The topological polar surface area (TPSA) is 80.2 Å². The first-order valence-corrected chi connectivity index (χ1v) is 10.4. The highest BCUT2D eigenvalue weighted by Crippen LogP contribution is 2.27. The summed E-state index contributed by atoms with van der Waals surface area (Å²) < 4.78 is 5.09. The predicted octanol–water partition coefficient (Wildman–Crippen LogP) is 3.91. The molecule has 0 aliphatic carbocycles. The van der Waals surface area contributed by atoms with Crippen LogP contribution in [0.3, 0.4) is 0 Å². The van der Waals surface area contributed by atoms with Gasteiger partial charge in [-0.2, -0.15) is 0 Å². The Balaban J connectivity index is 1.62. The van der Waals surface area contributed by atoms with Crippen LogP contribution in [0.2, 0.25) is 0 Å². The minimum atomic E-state index is -0.0786. The molecule has 0 fully saturated rings. The van der Waals surface area contributed by atoms with Crippen LogP contribution in [0.25, 0.3) is 22.0 Å². The van der Waals surface area contributed by atoms with E-state index in [1.165, 1.54) is 7.11 Å². The van der Waals surface area contributed by atoms with Gasteiger partial charge in [-0.05, 0) is 47.0 Å². The molecule has 7 heteroatoms. The van der Waals surface area contributed by atoms with Crippen LogP contribution < -0.4 is 5.32 Å². The van der Waals surface area contributed by atoms with Crippen molar-refractivity contribution in [1.82, 2.24) is 19.9 Å². The van der Waals surface area contributed by atoms with E-state index < -0.39 is 0 Å². The Labute approximate surface area is 187 Å². The zero-order valence-corrected chi connectivity index (χ0v) is 18.2. The van der Waals surface area contributed by atoms with Gasteiger partial charge in [-0.3, -0.25) is 9.78 Å². The van der Waals surface area contributed by atoms with Gasteiger partial charge < -0.3 is 15.0 Å². The molecule has 4 rings (SSSR count). The SMILES string of the molecule is CNc1ncnc2ccc(-c3cccc(CN(Cc4ccccn4)C(=O)COC)c3)cc12. The molecular formula is C25H25N5O2. The van der Waals surface area contributed by atoms with Gasteiger partial charge in [0.25, 0.3) is 0 Å². The van der Waals surface area contributed by atoms with Crippen LogP contribution in [0.15, 0.2) is 73.2 Å². The van der Waals surface area contributed by atoms with Gasteiger partial charge in [0.05, 0.1) is 17.8 Å². The van der Waals surface area contributed by atoms with Gasteiger partial charge in [0, 0.05) is 32.3 Å². The van der Waals surface area contributed by atoms with Crippen molar-refractivity contribution in [1.29, 1.82) is 0 Å². The quantitative estimate of drug-likeness (QED) is 0.459. The third-order valence-electron chi connectivity index (χ3n) is 5.21. The van der Waals surface area contributed by atoms with Gasteiger partial charge in [-0.25, -0.2) is 9.97 Å². The van der Waals surface area contributed by atoms with Crippen molar-refractivity contribution in [3.05, 3.63) is 84.4 Å². The van der Waals surface area contributed by atoms with Crippen molar-refractivity contribution in [2.45, 2.75) is 13.1 Å². The molecule has 2 heterocycles. The van der Waals surface area contributed by atoms with E-state index in [4.69, 9.17) is 4.74 Å². The predicted molar refractivity (Wildman–Crippen MR) is 125 cm³/mol. The van der Waals surface area contributed by atoms with Crippen LogP contribution in [0.1, 0.15) is 11.3 Å². The van der Waals surface area contributed by atoms with Crippen LogP contribution in [0.4, 0.5) is 5.82 Å². The number of benzene rings is 2. The Bertz CT molecular complexity index is 1210. The summed E-state index contributed by atoms with van der Waals surface area (Å²) in [5, 5.41) is 4.08. The second kappa shape index (κ2) is 9.98. The smallest absolute Gasteiger partial charge is 0.249 e. The molecule has 0 aliphatic rings. The Morgan fingerprint density at radius 1 is 0.969 bits per heavy atom. The minimum absolute atomic E-state index is 0.0317. The van der Waals surface area contributed by atoms with E-state index >= 15 is 0 Å². The number of rotatable bonds is 8. The van der Waals surface area contributed by atoms with E-state index in [0.717, 1.165) is 39.1 Å². The van der Waals surface area contributed by atoms with Crippen LogP contribution in [0.5, 0.6) is 0 Å². The lowest BCUT2D eigenvalue weighted by Gasteiger charge is -2.22. The molecule has 1 amide bonds. The van der Waals surface area contributed by atoms with E-state index in [1.54, 1.807) is 17.4 Å². The number of anilines is 1. The molecule has 0 saturated carbocycles. The second-order valence-electron chi connectivity index (χ2n) is 7.41. The maximum absolute atomic E-state index is 12.7. The summed E-state index contributed by atoms with van der Waals surface area (Å²) in [6.45, 7) is 0.918. The highest BCUT2D eigenvalue weighted by Gasteiger charge is 2.15. The summed E-state index contributed by atoms with van der Waals surface area (Å²) in [5.74, 6) is 0.713. The number of hydrogen-bond donors (Lipinski definition) is 1. The fourth-order valence-corrected chi connectivity index (χ4v) is 3.64. The van der Waals surface area contributed by atoms with Crippen LogP contribution in [-0.4, -0.2) is 46.5 Å². The molecule has 2 aromatic carbocycles. The molecule has 0 atom stereocenters. The first-order valence-electron chi connectivity index (χ1n) is 10.4. The fourth-order valence-electron chi connectivity index (χ4n) is 3.64. The molecule has 32 heavy (non-hydrogen) atoms. The van der Waals surface area contributed by atoms with Gasteiger partial charge >= 0.3 is 0 Å². The third-order valence-corrected chi connectivity index (χ3v) is 5.21. The lowest BCUT2D eigenvalue weighted by atomic mass is 10.0. The molecule has 162 valence electrons. The first-order chi connectivity index (χ1) is 15.7. The van der Waals surface area contributed by atoms with Crippen LogP contribution >= 0.6 is 0 Å². The van der Waals surface area contributed by atoms with Crippen molar-refractivity contribution in [2.24, 2.45) is 0 Å². The van der Waals surface area contributed by atoms with Crippen molar-refractivity contribution in [3.63, 3.8) is 0 Å². The lowest BCUT2D eigenvalue weighted by Crippen LogP contribution is -2.33. The second-order valence-corrected chi connectivity index (χ2v) is 7.41. The maximum Gasteiger partial charge on any atom is 0.249 e. The number of nitrogens with zero attached hydrogens (tertiary/aromatic N) is 4. The highest BCUT2D eigenvalue weighted by atomic mass is 16.5. The summed E-state index contributed by atoms with van der Waals surface area (Å²) in [7, 11) is 3.38. The molecular weight excluding hydrogens is 402 g/mol. The van der Waals surface area contributed by atoms with Gasteiger partial charge in [0.15, 0.2) is 0 Å². The first kappa shape index (κ1) is 21.4. The average Bonchev–Trinajstić information content (AvgIpc) is 2.84. The van der Waals surface area contributed by atoms with Crippen LogP contribution in [-0.2, 0) is 22.6 Å². The standard InChI is InChI=1S/C25H25N5O2/c1-26-25-22-13-20(9-10-23(22)28-17-29-25)19-7-5-6-18(12-19)14-30(24(31)16-32-2)15-21-8-3-4-11-27-21/h3-13,17H,14-16H2,1-2H3,(H,26,28,29). The Hall–Kier alpha value is -3.84. The molecule has 0 radical (unpaired) electrons. The number of carbonyl (C=O) groups excluding carboxylic acids is 1. The summed E-state index contributed by atoms with van der Waals surface area (Å²) >= 11 is 0. The number of amides is 1. The third kappa shape index (κ3) is 4.90. The zero-order valence-electron chi connectivity index (χ0n) is 18.2. The molecule has 0 unspecified atom stereocenters. The molecule has 4 aromatic rings. The van der Waals surface area contributed by atoms with Crippen molar-refractivity contribution < 1.29 is 9.53 Å². The van der Waals surface area contributed by atoms with Crippen molar-refractivity contribution >= 4 is 22.6 Å². The molecule has 0 bridgehead atoms.